The highest BCUT2D eigenvalue weighted by atomic mass is 16.5. The molecule has 0 saturated carbocycles. The molecule has 0 spiro atoms. The van der Waals surface area contributed by atoms with E-state index in [9.17, 15) is 9.90 Å². The Morgan fingerprint density at radius 1 is 1.41 bits per heavy atom. The summed E-state index contributed by atoms with van der Waals surface area (Å²) in [5.74, 6) is -0.322. The number of aliphatic hydroxyl groups excluding tert-OH is 1. The van der Waals surface area contributed by atoms with E-state index >= 15 is 0 Å². The Hall–Kier alpha value is -1.61. The summed E-state index contributed by atoms with van der Waals surface area (Å²) < 4.78 is 4.94. The third-order valence-electron chi connectivity index (χ3n) is 2.25. The van der Waals surface area contributed by atoms with Crippen molar-refractivity contribution in [1.82, 2.24) is 0 Å². The van der Waals surface area contributed by atoms with E-state index in [1.54, 1.807) is 13.0 Å². The molecule has 92 valence electrons. The van der Waals surface area contributed by atoms with Crippen LogP contribution in [0.25, 0.3) is 6.08 Å². The highest BCUT2D eigenvalue weighted by molar-refractivity contribution is 5.66. The lowest BCUT2D eigenvalue weighted by Crippen LogP contribution is -2.18. The maximum absolute atomic E-state index is 10.7. The van der Waals surface area contributed by atoms with Gasteiger partial charge in [-0.05, 0) is 12.5 Å². The third kappa shape index (κ3) is 5.88. The highest BCUT2D eigenvalue weighted by Crippen LogP contribution is 2.07. The van der Waals surface area contributed by atoms with E-state index in [1.165, 1.54) is 6.92 Å². The fraction of sp³-hybridized carbons (Fsp3) is 0.357. The van der Waals surface area contributed by atoms with Gasteiger partial charge in [-0.25, -0.2) is 0 Å². The second kappa shape index (κ2) is 6.86. The van der Waals surface area contributed by atoms with Crippen LogP contribution in [0.4, 0.5) is 0 Å². The first-order valence-electron chi connectivity index (χ1n) is 5.66. The standard InChI is InChI=1S/C14H18O3/c1-11(17-12(2)15)10-14(16)9-8-13-6-4-3-5-7-13/h3-9,11,14,16H,10H2,1-2H3/b9-8+/t11-,14-/m0/s1. The molecule has 0 unspecified atom stereocenters. The van der Waals surface area contributed by atoms with Gasteiger partial charge < -0.3 is 9.84 Å². The van der Waals surface area contributed by atoms with Crippen LogP contribution in [-0.2, 0) is 9.53 Å². The first-order chi connectivity index (χ1) is 8.08. The van der Waals surface area contributed by atoms with E-state index in [-0.39, 0.29) is 12.1 Å². The molecule has 0 heterocycles. The van der Waals surface area contributed by atoms with Crippen molar-refractivity contribution in [2.75, 3.05) is 0 Å². The number of hydrogen-bond acceptors (Lipinski definition) is 3. The van der Waals surface area contributed by atoms with E-state index in [0.717, 1.165) is 5.56 Å². The Balaban J connectivity index is 2.41. The Labute approximate surface area is 102 Å². The van der Waals surface area contributed by atoms with Gasteiger partial charge in [-0.3, -0.25) is 4.79 Å². The Morgan fingerprint density at radius 3 is 2.65 bits per heavy atom. The molecule has 0 aliphatic carbocycles. The molecular formula is C14H18O3. The van der Waals surface area contributed by atoms with Crippen LogP contribution in [-0.4, -0.2) is 23.3 Å². The van der Waals surface area contributed by atoms with Crippen molar-refractivity contribution in [3.8, 4) is 0 Å². The number of benzene rings is 1. The summed E-state index contributed by atoms with van der Waals surface area (Å²) in [5.41, 5.74) is 1.03. The van der Waals surface area contributed by atoms with Gasteiger partial charge in [0.2, 0.25) is 0 Å². The van der Waals surface area contributed by atoms with E-state index in [1.807, 2.05) is 36.4 Å². The maximum Gasteiger partial charge on any atom is 0.302 e. The quantitative estimate of drug-likeness (QED) is 0.796. The zero-order chi connectivity index (χ0) is 12.7. The average Bonchev–Trinajstić information content (AvgIpc) is 2.26. The van der Waals surface area contributed by atoms with Gasteiger partial charge in [0.25, 0.3) is 0 Å². The van der Waals surface area contributed by atoms with Crippen LogP contribution in [0, 0.1) is 0 Å². The molecule has 0 fully saturated rings. The predicted molar refractivity (Wildman–Crippen MR) is 67.3 cm³/mol. The Morgan fingerprint density at radius 2 is 2.06 bits per heavy atom. The number of hydrogen-bond donors (Lipinski definition) is 1. The summed E-state index contributed by atoms with van der Waals surface area (Å²) in [6.07, 6.45) is 3.08. The summed E-state index contributed by atoms with van der Waals surface area (Å²) >= 11 is 0. The number of aliphatic hydroxyl groups is 1. The molecule has 0 aliphatic heterocycles. The molecule has 3 heteroatoms. The lowest BCUT2D eigenvalue weighted by molar-refractivity contribution is -0.146. The summed E-state index contributed by atoms with van der Waals surface area (Å²) in [5, 5.41) is 9.72. The zero-order valence-electron chi connectivity index (χ0n) is 10.2. The molecule has 2 atom stereocenters. The number of carbonyl (C=O) groups excluding carboxylic acids is 1. The van der Waals surface area contributed by atoms with Crippen LogP contribution in [0.15, 0.2) is 36.4 Å². The van der Waals surface area contributed by atoms with E-state index < -0.39 is 6.10 Å². The van der Waals surface area contributed by atoms with Gasteiger partial charge in [-0.1, -0.05) is 42.5 Å². The molecule has 1 rings (SSSR count). The monoisotopic (exact) mass is 234 g/mol. The van der Waals surface area contributed by atoms with Crippen molar-refractivity contribution in [3.05, 3.63) is 42.0 Å². The van der Waals surface area contributed by atoms with E-state index in [2.05, 4.69) is 0 Å². The van der Waals surface area contributed by atoms with Crippen LogP contribution in [0.5, 0.6) is 0 Å². The van der Waals surface area contributed by atoms with Crippen LogP contribution >= 0.6 is 0 Å². The van der Waals surface area contributed by atoms with Crippen molar-refractivity contribution in [3.63, 3.8) is 0 Å². The normalized spacial score (nSPS) is 14.5. The van der Waals surface area contributed by atoms with Crippen LogP contribution < -0.4 is 0 Å². The number of esters is 1. The maximum atomic E-state index is 10.7. The predicted octanol–water partition coefficient (Wildman–Crippen LogP) is 2.40. The largest absolute Gasteiger partial charge is 0.463 e. The third-order valence-corrected chi connectivity index (χ3v) is 2.25. The minimum absolute atomic E-state index is 0.275. The first kappa shape index (κ1) is 13.5. The second-order valence-electron chi connectivity index (χ2n) is 3.99. The van der Waals surface area contributed by atoms with Gasteiger partial charge in [0.15, 0.2) is 0 Å². The SMILES string of the molecule is CC(=O)O[C@@H](C)C[C@@H](O)/C=C/c1ccccc1. The highest BCUT2D eigenvalue weighted by Gasteiger charge is 2.09. The summed E-state index contributed by atoms with van der Waals surface area (Å²) in [6, 6.07) is 9.73. The molecule has 3 nitrogen and oxygen atoms in total. The molecule has 0 aromatic heterocycles. The van der Waals surface area contributed by atoms with Gasteiger partial charge in [0.05, 0.1) is 6.10 Å². The molecule has 0 saturated heterocycles. The van der Waals surface area contributed by atoms with Crippen molar-refractivity contribution >= 4 is 12.0 Å². The average molecular weight is 234 g/mol. The molecule has 0 aliphatic rings. The smallest absolute Gasteiger partial charge is 0.302 e. The first-order valence-corrected chi connectivity index (χ1v) is 5.66. The fourth-order valence-corrected chi connectivity index (χ4v) is 1.54. The minimum atomic E-state index is -0.607. The van der Waals surface area contributed by atoms with Gasteiger partial charge in [0, 0.05) is 13.3 Å². The summed E-state index contributed by atoms with van der Waals surface area (Å²) in [4.78, 5) is 10.7. The minimum Gasteiger partial charge on any atom is -0.463 e. The molecule has 1 aromatic rings. The van der Waals surface area contributed by atoms with Crippen molar-refractivity contribution in [2.24, 2.45) is 0 Å². The lowest BCUT2D eigenvalue weighted by Gasteiger charge is -2.13. The molecule has 0 bridgehead atoms. The summed E-state index contributed by atoms with van der Waals surface area (Å²) in [7, 11) is 0. The Kier molecular flexibility index (Phi) is 5.43. The Bertz CT molecular complexity index is 370. The fourth-order valence-electron chi connectivity index (χ4n) is 1.54. The summed E-state index contributed by atoms with van der Waals surface area (Å²) in [6.45, 7) is 3.13. The van der Waals surface area contributed by atoms with Gasteiger partial charge >= 0.3 is 5.97 Å². The molecule has 1 aromatic carbocycles. The lowest BCUT2D eigenvalue weighted by atomic mass is 10.1. The van der Waals surface area contributed by atoms with Crippen molar-refractivity contribution in [2.45, 2.75) is 32.5 Å². The number of carbonyl (C=O) groups is 1. The van der Waals surface area contributed by atoms with Crippen molar-refractivity contribution < 1.29 is 14.6 Å². The number of rotatable bonds is 5. The van der Waals surface area contributed by atoms with Crippen LogP contribution in [0.1, 0.15) is 25.8 Å². The zero-order valence-corrected chi connectivity index (χ0v) is 10.2. The topological polar surface area (TPSA) is 46.5 Å². The van der Waals surface area contributed by atoms with E-state index in [0.29, 0.717) is 6.42 Å². The van der Waals surface area contributed by atoms with Gasteiger partial charge in [0.1, 0.15) is 6.10 Å². The van der Waals surface area contributed by atoms with Crippen LogP contribution in [0.3, 0.4) is 0 Å². The van der Waals surface area contributed by atoms with Crippen molar-refractivity contribution in [1.29, 1.82) is 0 Å². The molecule has 1 N–H and O–H groups in total. The second-order valence-corrected chi connectivity index (χ2v) is 3.99. The molecular weight excluding hydrogens is 216 g/mol. The molecule has 17 heavy (non-hydrogen) atoms. The van der Waals surface area contributed by atoms with Crippen LogP contribution in [0.2, 0.25) is 0 Å². The molecule has 0 amide bonds. The van der Waals surface area contributed by atoms with Gasteiger partial charge in [-0.2, -0.15) is 0 Å². The van der Waals surface area contributed by atoms with Gasteiger partial charge in [-0.15, -0.1) is 0 Å². The molecule has 0 radical (unpaired) electrons. The number of ether oxygens (including phenoxy) is 1. The van der Waals surface area contributed by atoms with E-state index in [4.69, 9.17) is 4.74 Å².